The number of hydrogen-bond acceptors (Lipinski definition) is 4. The summed E-state index contributed by atoms with van der Waals surface area (Å²) in [5.41, 5.74) is 3.96. The van der Waals surface area contributed by atoms with Crippen LogP contribution in [0.4, 0.5) is 10.1 Å². The summed E-state index contributed by atoms with van der Waals surface area (Å²) in [6.07, 6.45) is 0.0247. The van der Waals surface area contributed by atoms with E-state index < -0.39 is 0 Å². The molecule has 6 nitrogen and oxygen atoms in total. The van der Waals surface area contributed by atoms with Gasteiger partial charge < -0.3 is 10.1 Å². The Hall–Kier alpha value is -3.74. The molecule has 0 aliphatic heterocycles. The fourth-order valence-corrected chi connectivity index (χ4v) is 3.07. The van der Waals surface area contributed by atoms with E-state index in [0.29, 0.717) is 33.7 Å². The summed E-state index contributed by atoms with van der Waals surface area (Å²) in [5, 5.41) is 11.8. The molecule has 0 radical (unpaired) electrons. The van der Waals surface area contributed by atoms with Crippen LogP contribution >= 0.6 is 0 Å². The van der Waals surface area contributed by atoms with Crippen LogP contribution in [0.25, 0.3) is 16.7 Å². The van der Waals surface area contributed by atoms with Crippen LogP contribution in [0.15, 0.2) is 60.7 Å². The van der Waals surface area contributed by atoms with Gasteiger partial charge in [-0.15, -0.1) is 10.2 Å². The van der Waals surface area contributed by atoms with Crippen LogP contribution in [0.1, 0.15) is 29.8 Å². The van der Waals surface area contributed by atoms with Crippen molar-refractivity contribution in [2.75, 3.05) is 5.32 Å². The molecule has 30 heavy (non-hydrogen) atoms. The molecule has 1 amide bonds. The third-order valence-electron chi connectivity index (χ3n) is 4.50. The van der Waals surface area contributed by atoms with Gasteiger partial charge in [0, 0.05) is 11.3 Å². The zero-order valence-corrected chi connectivity index (χ0v) is 16.9. The number of halogens is 1. The Morgan fingerprint density at radius 2 is 1.73 bits per heavy atom. The summed E-state index contributed by atoms with van der Waals surface area (Å²) in [7, 11) is 0. The van der Waals surface area contributed by atoms with Crippen molar-refractivity contribution in [3.63, 3.8) is 0 Å². The minimum Gasteiger partial charge on any atom is -0.491 e. The molecule has 152 valence electrons. The van der Waals surface area contributed by atoms with E-state index in [4.69, 9.17) is 4.74 Å². The first-order valence-electron chi connectivity index (χ1n) is 9.61. The predicted molar refractivity (Wildman–Crippen MR) is 114 cm³/mol. The Bertz CT molecular complexity index is 1220. The average molecular weight is 404 g/mol. The highest BCUT2D eigenvalue weighted by Gasteiger charge is 2.13. The van der Waals surface area contributed by atoms with Gasteiger partial charge in [-0.25, -0.2) is 4.39 Å². The quantitative estimate of drug-likeness (QED) is 0.513. The maximum Gasteiger partial charge on any atom is 0.255 e. The normalized spacial score (nSPS) is 11.1. The number of nitrogens with zero attached hydrogens (tertiary/aromatic N) is 3. The van der Waals surface area contributed by atoms with Crippen LogP contribution in [0.2, 0.25) is 0 Å². The molecule has 1 N–H and O–H groups in total. The van der Waals surface area contributed by atoms with Crippen LogP contribution in [0.3, 0.4) is 0 Å². The predicted octanol–water partition coefficient (Wildman–Crippen LogP) is 4.91. The molecule has 0 atom stereocenters. The number of fused-ring (bicyclic) bond motifs is 1. The SMILES string of the molecule is Cc1cc2nn(-c3ccc(F)cc3)nc2cc1NC(=O)c1cccc(OC(C)C)c1. The van der Waals surface area contributed by atoms with Crippen molar-refractivity contribution in [2.45, 2.75) is 26.9 Å². The van der Waals surface area contributed by atoms with Gasteiger partial charge >= 0.3 is 0 Å². The largest absolute Gasteiger partial charge is 0.491 e. The third-order valence-corrected chi connectivity index (χ3v) is 4.50. The van der Waals surface area contributed by atoms with Gasteiger partial charge in [0.1, 0.15) is 22.6 Å². The molecular weight excluding hydrogens is 383 g/mol. The van der Waals surface area contributed by atoms with Gasteiger partial charge in [0.2, 0.25) is 0 Å². The number of amides is 1. The Morgan fingerprint density at radius 3 is 2.43 bits per heavy atom. The lowest BCUT2D eigenvalue weighted by Gasteiger charge is -2.12. The average Bonchev–Trinajstić information content (AvgIpc) is 3.11. The topological polar surface area (TPSA) is 69.0 Å². The summed E-state index contributed by atoms with van der Waals surface area (Å²) >= 11 is 0. The molecule has 0 saturated carbocycles. The second-order valence-corrected chi connectivity index (χ2v) is 7.27. The van der Waals surface area contributed by atoms with Crippen LogP contribution in [0.5, 0.6) is 5.75 Å². The molecule has 0 aliphatic rings. The van der Waals surface area contributed by atoms with Crippen LogP contribution < -0.4 is 10.1 Å². The number of hydrogen-bond donors (Lipinski definition) is 1. The standard InChI is InChI=1S/C23H21FN4O2/c1-14(2)30-19-6-4-5-16(12-19)23(29)25-20-13-22-21(11-15(20)3)26-28(27-22)18-9-7-17(24)8-10-18/h4-14H,1-3H3,(H,25,29). The number of aryl methyl sites for hydroxylation is 1. The first-order valence-corrected chi connectivity index (χ1v) is 9.61. The van der Waals surface area contributed by atoms with Crippen molar-refractivity contribution in [3.8, 4) is 11.4 Å². The Morgan fingerprint density at radius 1 is 1.03 bits per heavy atom. The monoisotopic (exact) mass is 404 g/mol. The lowest BCUT2D eigenvalue weighted by atomic mass is 10.1. The summed E-state index contributed by atoms with van der Waals surface area (Å²) in [4.78, 5) is 14.2. The zero-order chi connectivity index (χ0) is 21.3. The smallest absolute Gasteiger partial charge is 0.255 e. The highest BCUT2D eigenvalue weighted by molar-refractivity contribution is 6.05. The van der Waals surface area contributed by atoms with Crippen LogP contribution in [-0.2, 0) is 0 Å². The minimum atomic E-state index is -0.320. The van der Waals surface area contributed by atoms with Gasteiger partial charge in [0.15, 0.2) is 0 Å². The molecule has 1 aromatic heterocycles. The lowest BCUT2D eigenvalue weighted by molar-refractivity contribution is 0.102. The first-order chi connectivity index (χ1) is 14.4. The van der Waals surface area contributed by atoms with Crippen LogP contribution in [0, 0.1) is 12.7 Å². The number of carbonyl (C=O) groups is 1. The molecule has 7 heteroatoms. The second kappa shape index (κ2) is 7.94. The summed E-state index contributed by atoms with van der Waals surface area (Å²) < 4.78 is 18.8. The number of nitrogens with one attached hydrogen (secondary N) is 1. The van der Waals surface area contributed by atoms with Gasteiger partial charge in [0.25, 0.3) is 5.91 Å². The van der Waals surface area contributed by atoms with Crippen molar-refractivity contribution in [3.05, 3.63) is 77.6 Å². The Labute approximate surface area is 173 Å². The van der Waals surface area contributed by atoms with Gasteiger partial charge in [-0.05, 0) is 80.9 Å². The summed E-state index contributed by atoms with van der Waals surface area (Å²) in [5.74, 6) is 0.0869. The van der Waals surface area contributed by atoms with E-state index in [9.17, 15) is 9.18 Å². The summed E-state index contributed by atoms with van der Waals surface area (Å²) in [6.45, 7) is 5.76. The molecule has 3 aromatic carbocycles. The lowest BCUT2D eigenvalue weighted by Crippen LogP contribution is -2.13. The second-order valence-electron chi connectivity index (χ2n) is 7.27. The molecule has 1 heterocycles. The summed E-state index contributed by atoms with van der Waals surface area (Å²) in [6, 6.07) is 16.6. The van der Waals surface area contributed by atoms with E-state index in [2.05, 4.69) is 15.5 Å². The fourth-order valence-electron chi connectivity index (χ4n) is 3.07. The number of carbonyl (C=O) groups excluding carboxylic acids is 1. The number of benzene rings is 3. The van der Waals surface area contributed by atoms with Crippen molar-refractivity contribution in [1.29, 1.82) is 0 Å². The number of aromatic nitrogens is 3. The molecule has 0 bridgehead atoms. The Balaban J connectivity index is 1.60. The number of rotatable bonds is 5. The molecule has 0 aliphatic carbocycles. The van der Waals surface area contributed by atoms with E-state index >= 15 is 0 Å². The van der Waals surface area contributed by atoms with Gasteiger partial charge in [-0.2, -0.15) is 4.80 Å². The van der Waals surface area contributed by atoms with E-state index in [0.717, 1.165) is 5.56 Å². The fraction of sp³-hybridized carbons (Fsp3) is 0.174. The molecule has 0 fully saturated rings. The Kier molecular flexibility index (Phi) is 5.18. The zero-order valence-electron chi connectivity index (χ0n) is 16.9. The van der Waals surface area contributed by atoms with E-state index in [-0.39, 0.29) is 17.8 Å². The highest BCUT2D eigenvalue weighted by Crippen LogP contribution is 2.23. The van der Waals surface area contributed by atoms with Crippen molar-refractivity contribution >= 4 is 22.6 Å². The minimum absolute atomic E-state index is 0.0247. The molecular formula is C23H21FN4O2. The molecule has 4 rings (SSSR count). The number of ether oxygens (including phenoxy) is 1. The maximum atomic E-state index is 13.2. The van der Waals surface area contributed by atoms with Gasteiger partial charge in [-0.3, -0.25) is 4.79 Å². The molecule has 0 unspecified atom stereocenters. The number of anilines is 1. The van der Waals surface area contributed by atoms with E-state index in [1.54, 1.807) is 36.4 Å². The highest BCUT2D eigenvalue weighted by atomic mass is 19.1. The van der Waals surface area contributed by atoms with Gasteiger partial charge in [-0.1, -0.05) is 6.07 Å². The maximum absolute atomic E-state index is 13.2. The molecule has 0 spiro atoms. The first kappa shape index (κ1) is 19.6. The van der Waals surface area contributed by atoms with Crippen molar-refractivity contribution in [2.24, 2.45) is 0 Å². The molecule has 0 saturated heterocycles. The van der Waals surface area contributed by atoms with E-state index in [1.807, 2.05) is 32.9 Å². The van der Waals surface area contributed by atoms with Crippen molar-refractivity contribution < 1.29 is 13.9 Å². The van der Waals surface area contributed by atoms with Crippen LogP contribution in [-0.4, -0.2) is 27.0 Å². The van der Waals surface area contributed by atoms with Crippen molar-refractivity contribution in [1.82, 2.24) is 15.0 Å². The van der Waals surface area contributed by atoms with Gasteiger partial charge in [0.05, 0.1) is 11.8 Å². The van der Waals surface area contributed by atoms with E-state index in [1.165, 1.54) is 16.9 Å². The molecule has 4 aromatic rings. The third kappa shape index (κ3) is 4.15.